The Labute approximate surface area is 143 Å². The van der Waals surface area contributed by atoms with Crippen LogP contribution < -0.4 is 27.4 Å². The molecule has 12 heteroatoms. The molecule has 0 radical (unpaired) electrons. The third-order valence-corrected chi connectivity index (χ3v) is 3.06. The van der Waals surface area contributed by atoms with E-state index in [9.17, 15) is 24.0 Å². The fourth-order valence-corrected chi connectivity index (χ4v) is 1.69. The van der Waals surface area contributed by atoms with Crippen LogP contribution in [0.1, 0.15) is 13.3 Å². The second kappa shape index (κ2) is 10.4. The molecule has 0 aliphatic rings. The zero-order valence-electron chi connectivity index (χ0n) is 12.9. The number of carbonyl (C=O) groups excluding carboxylic acids is 4. The molecule has 0 aliphatic carbocycles. The Bertz CT molecular complexity index is 512. The Balaban J connectivity index is 4.50. The summed E-state index contributed by atoms with van der Waals surface area (Å²) in [5.41, 5.74) is 10.2. The topological polar surface area (TPSA) is 194 Å². The van der Waals surface area contributed by atoms with Crippen molar-refractivity contribution in [1.82, 2.24) is 16.0 Å². The molecule has 0 aromatic heterocycles. The maximum Gasteiger partial charge on any atom is 0.326 e. The van der Waals surface area contributed by atoms with Crippen LogP contribution in [0.4, 0.5) is 0 Å². The average Bonchev–Trinajstić information content (AvgIpc) is 2.48. The lowest BCUT2D eigenvalue weighted by Crippen LogP contribution is -2.54. The fourth-order valence-electron chi connectivity index (χ4n) is 1.43. The quantitative estimate of drug-likeness (QED) is 0.194. The molecule has 11 nitrogen and oxygen atoms in total. The molecular weight excluding hydrogens is 342 g/mol. The smallest absolute Gasteiger partial charge is 0.326 e. The Morgan fingerprint density at radius 1 is 1.08 bits per heavy atom. The van der Waals surface area contributed by atoms with E-state index in [-0.39, 0.29) is 5.75 Å². The number of aliphatic carboxylic acids is 1. The Morgan fingerprint density at radius 3 is 2.08 bits per heavy atom. The van der Waals surface area contributed by atoms with Crippen molar-refractivity contribution in [2.24, 2.45) is 11.5 Å². The molecule has 24 heavy (non-hydrogen) atoms. The van der Waals surface area contributed by atoms with Gasteiger partial charge in [-0.1, -0.05) is 0 Å². The predicted octanol–water partition coefficient (Wildman–Crippen LogP) is -3.69. The van der Waals surface area contributed by atoms with Gasteiger partial charge in [0.15, 0.2) is 0 Å². The van der Waals surface area contributed by atoms with E-state index in [0.717, 1.165) is 0 Å². The van der Waals surface area contributed by atoms with Crippen molar-refractivity contribution in [3.63, 3.8) is 0 Å². The largest absolute Gasteiger partial charge is 0.480 e. The highest BCUT2D eigenvalue weighted by Crippen LogP contribution is 1.93. The zero-order chi connectivity index (χ0) is 18.9. The third-order valence-electron chi connectivity index (χ3n) is 2.69. The van der Waals surface area contributed by atoms with E-state index in [0.29, 0.717) is 0 Å². The number of carboxylic acids is 1. The fraction of sp³-hybridized carbons (Fsp3) is 0.583. The normalized spacial score (nSPS) is 14.0. The Kier molecular flexibility index (Phi) is 9.42. The first-order chi connectivity index (χ1) is 11.1. The van der Waals surface area contributed by atoms with Crippen LogP contribution in [0.15, 0.2) is 0 Å². The summed E-state index contributed by atoms with van der Waals surface area (Å²) in [7, 11) is 0. The standard InChI is InChI=1S/C12H21N5O6S/c1-5(13)10(20)17-7(4-24)11(21)15-3-9(19)16-6(12(22)23)2-8(14)18/h5-7,24H,2-4,13H2,1H3,(H2,14,18)(H,15,21)(H,16,19)(H,17,20)(H,22,23). The summed E-state index contributed by atoms with van der Waals surface area (Å²) in [5.74, 6) is -4.48. The van der Waals surface area contributed by atoms with Crippen LogP contribution in [0.2, 0.25) is 0 Å². The van der Waals surface area contributed by atoms with Crippen molar-refractivity contribution in [2.75, 3.05) is 12.3 Å². The number of hydrogen-bond donors (Lipinski definition) is 7. The molecule has 0 spiro atoms. The van der Waals surface area contributed by atoms with E-state index < -0.39 is 60.7 Å². The summed E-state index contributed by atoms with van der Waals surface area (Å²) in [6.07, 6.45) is -0.585. The van der Waals surface area contributed by atoms with Crippen LogP contribution in [-0.2, 0) is 24.0 Å². The summed E-state index contributed by atoms with van der Waals surface area (Å²) in [5, 5.41) is 15.4. The first-order valence-corrected chi connectivity index (χ1v) is 7.46. The molecule has 0 saturated heterocycles. The van der Waals surface area contributed by atoms with E-state index in [1.165, 1.54) is 6.92 Å². The molecule has 0 fully saturated rings. The minimum Gasteiger partial charge on any atom is -0.480 e. The number of carbonyl (C=O) groups is 5. The van der Waals surface area contributed by atoms with E-state index in [1.54, 1.807) is 0 Å². The van der Waals surface area contributed by atoms with Gasteiger partial charge < -0.3 is 32.5 Å². The van der Waals surface area contributed by atoms with Gasteiger partial charge in [-0.05, 0) is 6.92 Å². The van der Waals surface area contributed by atoms with Gasteiger partial charge in [0.2, 0.25) is 23.6 Å². The highest BCUT2D eigenvalue weighted by molar-refractivity contribution is 7.80. The van der Waals surface area contributed by atoms with Crippen molar-refractivity contribution in [3.8, 4) is 0 Å². The lowest BCUT2D eigenvalue weighted by atomic mass is 10.2. The van der Waals surface area contributed by atoms with Gasteiger partial charge in [-0.25, -0.2) is 4.79 Å². The summed E-state index contributed by atoms with van der Waals surface area (Å²) < 4.78 is 0. The van der Waals surface area contributed by atoms with Crippen molar-refractivity contribution >= 4 is 42.2 Å². The van der Waals surface area contributed by atoms with E-state index in [2.05, 4.69) is 23.3 Å². The van der Waals surface area contributed by atoms with Crippen molar-refractivity contribution in [2.45, 2.75) is 31.5 Å². The third kappa shape index (κ3) is 8.33. The van der Waals surface area contributed by atoms with Gasteiger partial charge in [-0.15, -0.1) is 0 Å². The van der Waals surface area contributed by atoms with Crippen LogP contribution in [0.5, 0.6) is 0 Å². The van der Waals surface area contributed by atoms with Gasteiger partial charge >= 0.3 is 5.97 Å². The summed E-state index contributed by atoms with van der Waals surface area (Å²) in [6, 6.07) is -3.33. The van der Waals surface area contributed by atoms with Crippen LogP contribution >= 0.6 is 12.6 Å². The second-order valence-electron chi connectivity index (χ2n) is 4.88. The van der Waals surface area contributed by atoms with Gasteiger partial charge in [0.25, 0.3) is 0 Å². The van der Waals surface area contributed by atoms with Crippen LogP contribution in [-0.4, -0.2) is 65.1 Å². The average molecular weight is 363 g/mol. The van der Waals surface area contributed by atoms with Crippen molar-refractivity contribution in [3.05, 3.63) is 0 Å². The number of rotatable bonds is 10. The number of hydrogen-bond acceptors (Lipinski definition) is 7. The second-order valence-corrected chi connectivity index (χ2v) is 5.24. The number of thiol groups is 1. The molecule has 0 aromatic rings. The number of nitrogens with two attached hydrogens (primary N) is 2. The van der Waals surface area contributed by atoms with Crippen molar-refractivity contribution < 1.29 is 29.1 Å². The molecule has 0 bridgehead atoms. The van der Waals surface area contributed by atoms with E-state index >= 15 is 0 Å². The van der Waals surface area contributed by atoms with Gasteiger partial charge in [-0.3, -0.25) is 19.2 Å². The molecule has 0 heterocycles. The summed E-state index contributed by atoms with van der Waals surface area (Å²) >= 11 is 3.92. The molecule has 0 aromatic carbocycles. The van der Waals surface area contributed by atoms with E-state index in [1.807, 2.05) is 5.32 Å². The van der Waals surface area contributed by atoms with Crippen LogP contribution in [0, 0.1) is 0 Å². The van der Waals surface area contributed by atoms with Crippen LogP contribution in [0.25, 0.3) is 0 Å². The SMILES string of the molecule is CC(N)C(=O)NC(CS)C(=O)NCC(=O)NC(CC(N)=O)C(=O)O. The summed E-state index contributed by atoms with van der Waals surface area (Å²) in [6.45, 7) is 0.876. The minimum absolute atomic E-state index is 0.0364. The lowest BCUT2D eigenvalue weighted by molar-refractivity contribution is -0.143. The van der Waals surface area contributed by atoms with Gasteiger partial charge in [0.05, 0.1) is 19.0 Å². The maximum absolute atomic E-state index is 11.8. The molecule has 3 unspecified atom stereocenters. The predicted molar refractivity (Wildman–Crippen MR) is 85.8 cm³/mol. The van der Waals surface area contributed by atoms with Gasteiger partial charge in [0.1, 0.15) is 12.1 Å². The summed E-state index contributed by atoms with van der Waals surface area (Å²) in [4.78, 5) is 56.5. The first-order valence-electron chi connectivity index (χ1n) is 6.83. The van der Waals surface area contributed by atoms with Crippen molar-refractivity contribution in [1.29, 1.82) is 0 Å². The van der Waals surface area contributed by atoms with E-state index in [4.69, 9.17) is 16.6 Å². The maximum atomic E-state index is 11.8. The monoisotopic (exact) mass is 363 g/mol. The van der Waals surface area contributed by atoms with Gasteiger partial charge in [0, 0.05) is 5.75 Å². The molecule has 0 saturated carbocycles. The molecule has 8 N–H and O–H groups in total. The lowest BCUT2D eigenvalue weighted by Gasteiger charge is -2.18. The van der Waals surface area contributed by atoms with Crippen LogP contribution in [0.3, 0.4) is 0 Å². The number of nitrogens with one attached hydrogen (secondary N) is 3. The molecule has 136 valence electrons. The molecular formula is C12H21N5O6S. The first kappa shape index (κ1) is 21.7. The molecule has 3 atom stereocenters. The number of primary amides is 1. The molecule has 0 aliphatic heterocycles. The number of amides is 4. The molecule has 4 amide bonds. The minimum atomic E-state index is -1.50. The Hall–Kier alpha value is -2.34. The highest BCUT2D eigenvalue weighted by atomic mass is 32.1. The highest BCUT2D eigenvalue weighted by Gasteiger charge is 2.24. The Morgan fingerprint density at radius 2 is 1.67 bits per heavy atom. The molecule has 0 rings (SSSR count). The zero-order valence-corrected chi connectivity index (χ0v) is 13.8. The van der Waals surface area contributed by atoms with Gasteiger partial charge in [-0.2, -0.15) is 12.6 Å². The number of carboxylic acid groups (broad SMARTS) is 1.